The molecular weight excluding hydrogens is 284 g/mol. The number of carboxylic acid groups (broad SMARTS) is 1. The SMILES string of the molecule is CC(O)C(NC(=O)CCCc1ccc(N(C)C)cc1)C(=O)O. The molecule has 0 heterocycles. The highest BCUT2D eigenvalue weighted by molar-refractivity contribution is 5.83. The Morgan fingerprint density at radius 1 is 1.23 bits per heavy atom. The van der Waals surface area contributed by atoms with Gasteiger partial charge in [0, 0.05) is 26.2 Å². The van der Waals surface area contributed by atoms with Gasteiger partial charge in [0.05, 0.1) is 6.10 Å². The van der Waals surface area contributed by atoms with Crippen LogP contribution in [-0.2, 0) is 16.0 Å². The lowest BCUT2D eigenvalue weighted by Gasteiger charge is -2.17. The molecule has 0 saturated heterocycles. The Bertz CT molecular complexity index is 497. The van der Waals surface area contributed by atoms with Crippen LogP contribution >= 0.6 is 0 Å². The number of anilines is 1. The van der Waals surface area contributed by atoms with Gasteiger partial charge in [0.15, 0.2) is 6.04 Å². The van der Waals surface area contributed by atoms with Gasteiger partial charge in [-0.05, 0) is 37.5 Å². The van der Waals surface area contributed by atoms with Crippen LogP contribution < -0.4 is 10.2 Å². The van der Waals surface area contributed by atoms with Crippen molar-refractivity contribution in [2.45, 2.75) is 38.3 Å². The van der Waals surface area contributed by atoms with E-state index in [0.29, 0.717) is 6.42 Å². The number of aliphatic hydroxyl groups excluding tert-OH is 1. The Morgan fingerprint density at radius 2 is 1.82 bits per heavy atom. The summed E-state index contributed by atoms with van der Waals surface area (Å²) >= 11 is 0. The van der Waals surface area contributed by atoms with Crippen LogP contribution in [0.25, 0.3) is 0 Å². The Morgan fingerprint density at radius 3 is 2.27 bits per heavy atom. The normalized spacial score (nSPS) is 13.3. The van der Waals surface area contributed by atoms with Crippen LogP contribution in [-0.4, -0.2) is 48.3 Å². The number of benzene rings is 1. The summed E-state index contributed by atoms with van der Waals surface area (Å²) in [5, 5.41) is 20.5. The molecule has 1 aromatic carbocycles. The summed E-state index contributed by atoms with van der Waals surface area (Å²) in [5.41, 5.74) is 2.24. The summed E-state index contributed by atoms with van der Waals surface area (Å²) in [7, 11) is 3.95. The molecule has 0 aliphatic carbocycles. The predicted octanol–water partition coefficient (Wildman–Crippen LogP) is 1.03. The summed E-state index contributed by atoms with van der Waals surface area (Å²) in [6.45, 7) is 1.34. The zero-order valence-electron chi connectivity index (χ0n) is 13.2. The van der Waals surface area contributed by atoms with Crippen molar-refractivity contribution < 1.29 is 19.8 Å². The summed E-state index contributed by atoms with van der Waals surface area (Å²) in [4.78, 5) is 24.6. The van der Waals surface area contributed by atoms with Crippen molar-refractivity contribution in [2.75, 3.05) is 19.0 Å². The molecule has 1 amide bonds. The van der Waals surface area contributed by atoms with Gasteiger partial charge >= 0.3 is 5.97 Å². The second-order valence-electron chi connectivity index (χ2n) is 5.54. The highest BCUT2D eigenvalue weighted by Crippen LogP contribution is 2.13. The summed E-state index contributed by atoms with van der Waals surface area (Å²) in [5.74, 6) is -1.60. The minimum Gasteiger partial charge on any atom is -0.480 e. The van der Waals surface area contributed by atoms with E-state index in [-0.39, 0.29) is 12.3 Å². The Kier molecular flexibility index (Phi) is 6.85. The van der Waals surface area contributed by atoms with Crippen molar-refractivity contribution in [1.82, 2.24) is 5.32 Å². The molecule has 0 aromatic heterocycles. The van der Waals surface area contributed by atoms with Gasteiger partial charge in [-0.15, -0.1) is 0 Å². The predicted molar refractivity (Wildman–Crippen MR) is 85.0 cm³/mol. The molecule has 0 aliphatic heterocycles. The van der Waals surface area contributed by atoms with Gasteiger partial charge in [-0.3, -0.25) is 4.79 Å². The van der Waals surface area contributed by atoms with Gasteiger partial charge < -0.3 is 20.4 Å². The Hall–Kier alpha value is -2.08. The number of nitrogens with one attached hydrogen (secondary N) is 1. The molecule has 0 radical (unpaired) electrons. The van der Waals surface area contributed by atoms with Crippen molar-refractivity contribution in [1.29, 1.82) is 0 Å². The first kappa shape index (κ1) is 18.0. The molecule has 0 bridgehead atoms. The number of hydrogen-bond donors (Lipinski definition) is 3. The van der Waals surface area contributed by atoms with Crippen molar-refractivity contribution in [2.24, 2.45) is 0 Å². The fourth-order valence-electron chi connectivity index (χ4n) is 2.05. The van der Waals surface area contributed by atoms with E-state index in [2.05, 4.69) is 5.32 Å². The molecule has 6 heteroatoms. The van der Waals surface area contributed by atoms with Crippen LogP contribution in [0.3, 0.4) is 0 Å². The number of nitrogens with zero attached hydrogens (tertiary/aromatic N) is 1. The lowest BCUT2D eigenvalue weighted by molar-refractivity contribution is -0.144. The maximum atomic E-state index is 11.7. The summed E-state index contributed by atoms with van der Waals surface area (Å²) < 4.78 is 0. The van der Waals surface area contributed by atoms with Gasteiger partial charge in [0.25, 0.3) is 0 Å². The van der Waals surface area contributed by atoms with E-state index in [0.717, 1.165) is 17.7 Å². The average molecular weight is 308 g/mol. The maximum Gasteiger partial charge on any atom is 0.328 e. The fraction of sp³-hybridized carbons (Fsp3) is 0.500. The number of hydrogen-bond acceptors (Lipinski definition) is 4. The van der Waals surface area contributed by atoms with Gasteiger partial charge in [-0.25, -0.2) is 4.79 Å². The molecule has 6 nitrogen and oxygen atoms in total. The Labute approximate surface area is 130 Å². The molecule has 0 saturated carbocycles. The van der Waals surface area contributed by atoms with Gasteiger partial charge in [-0.1, -0.05) is 12.1 Å². The van der Waals surface area contributed by atoms with Crippen LogP contribution in [0.2, 0.25) is 0 Å². The van der Waals surface area contributed by atoms with Crippen LogP contribution in [0.15, 0.2) is 24.3 Å². The van der Waals surface area contributed by atoms with E-state index in [1.54, 1.807) is 0 Å². The van der Waals surface area contributed by atoms with E-state index in [1.165, 1.54) is 6.92 Å². The largest absolute Gasteiger partial charge is 0.480 e. The zero-order chi connectivity index (χ0) is 16.7. The number of carbonyl (C=O) groups excluding carboxylic acids is 1. The summed E-state index contributed by atoms with van der Waals surface area (Å²) in [6.07, 6.45) is 0.471. The fourth-order valence-corrected chi connectivity index (χ4v) is 2.05. The van der Waals surface area contributed by atoms with Crippen molar-refractivity contribution in [3.05, 3.63) is 29.8 Å². The number of aryl methyl sites for hydroxylation is 1. The molecule has 2 atom stereocenters. The lowest BCUT2D eigenvalue weighted by atomic mass is 10.1. The lowest BCUT2D eigenvalue weighted by Crippen LogP contribution is -2.47. The molecular formula is C16H24N2O4. The van der Waals surface area contributed by atoms with Crippen molar-refractivity contribution >= 4 is 17.6 Å². The molecule has 0 spiro atoms. The number of amides is 1. The quantitative estimate of drug-likeness (QED) is 0.667. The third kappa shape index (κ3) is 5.73. The minimum absolute atomic E-state index is 0.228. The van der Waals surface area contributed by atoms with E-state index in [4.69, 9.17) is 5.11 Å². The molecule has 0 fully saturated rings. The number of carbonyl (C=O) groups is 2. The molecule has 122 valence electrons. The molecule has 22 heavy (non-hydrogen) atoms. The van der Waals surface area contributed by atoms with Crippen molar-refractivity contribution in [3.63, 3.8) is 0 Å². The average Bonchev–Trinajstić information content (AvgIpc) is 2.44. The third-order valence-corrected chi connectivity index (χ3v) is 3.39. The zero-order valence-corrected chi connectivity index (χ0v) is 13.2. The van der Waals surface area contributed by atoms with Crippen LogP contribution in [0, 0.1) is 0 Å². The topological polar surface area (TPSA) is 89.9 Å². The van der Waals surface area contributed by atoms with Gasteiger partial charge in [0.1, 0.15) is 0 Å². The maximum absolute atomic E-state index is 11.7. The second kappa shape index (κ2) is 8.38. The second-order valence-corrected chi connectivity index (χ2v) is 5.54. The molecule has 2 unspecified atom stereocenters. The minimum atomic E-state index is -1.26. The standard InChI is InChI=1S/C16H24N2O4/c1-11(19)15(16(21)22)17-14(20)6-4-5-12-7-9-13(10-8-12)18(2)3/h7-11,15,19H,4-6H2,1-3H3,(H,17,20)(H,21,22). The smallest absolute Gasteiger partial charge is 0.328 e. The number of aliphatic carboxylic acids is 1. The number of carboxylic acids is 1. The molecule has 1 rings (SSSR count). The highest BCUT2D eigenvalue weighted by atomic mass is 16.4. The highest BCUT2D eigenvalue weighted by Gasteiger charge is 2.24. The summed E-state index contributed by atoms with van der Waals surface area (Å²) in [6, 6.07) is 6.81. The molecule has 1 aromatic rings. The Balaban J connectivity index is 2.40. The molecule has 3 N–H and O–H groups in total. The van der Waals surface area contributed by atoms with Crippen LogP contribution in [0.4, 0.5) is 5.69 Å². The van der Waals surface area contributed by atoms with Gasteiger partial charge in [-0.2, -0.15) is 0 Å². The first-order valence-electron chi connectivity index (χ1n) is 7.27. The van der Waals surface area contributed by atoms with Crippen LogP contribution in [0.5, 0.6) is 0 Å². The van der Waals surface area contributed by atoms with Crippen molar-refractivity contribution in [3.8, 4) is 0 Å². The van der Waals surface area contributed by atoms with E-state index in [1.807, 2.05) is 43.3 Å². The van der Waals surface area contributed by atoms with E-state index >= 15 is 0 Å². The number of rotatable bonds is 8. The third-order valence-electron chi connectivity index (χ3n) is 3.39. The van der Waals surface area contributed by atoms with E-state index < -0.39 is 18.1 Å². The first-order valence-corrected chi connectivity index (χ1v) is 7.27. The monoisotopic (exact) mass is 308 g/mol. The van der Waals surface area contributed by atoms with Gasteiger partial charge in [0.2, 0.25) is 5.91 Å². The number of aliphatic hydroxyl groups is 1. The van der Waals surface area contributed by atoms with E-state index in [9.17, 15) is 14.7 Å². The first-order chi connectivity index (χ1) is 10.3. The van der Waals surface area contributed by atoms with Crippen LogP contribution in [0.1, 0.15) is 25.3 Å². The molecule has 0 aliphatic rings.